The fourth-order valence-corrected chi connectivity index (χ4v) is 3.60. The molecule has 0 saturated heterocycles. The van der Waals surface area contributed by atoms with Crippen LogP contribution < -0.4 is 0 Å². The van der Waals surface area contributed by atoms with Crippen LogP contribution in [0.4, 0.5) is 0 Å². The fraction of sp³-hybridized carbons (Fsp3) is 0.733. The number of hydrogen-bond acceptors (Lipinski definition) is 0. The SMILES string of the molecule is C=C1CC/C=C(/C)CC2(C)[C@@H]1CC2(C)C. The van der Waals surface area contributed by atoms with Gasteiger partial charge in [0.2, 0.25) is 0 Å². The summed E-state index contributed by atoms with van der Waals surface area (Å²) in [6, 6.07) is 0. The summed E-state index contributed by atoms with van der Waals surface area (Å²) in [7, 11) is 0. The average molecular weight is 204 g/mol. The van der Waals surface area contributed by atoms with Crippen molar-refractivity contribution in [3.8, 4) is 0 Å². The van der Waals surface area contributed by atoms with Gasteiger partial charge in [0.05, 0.1) is 0 Å². The predicted molar refractivity (Wildman–Crippen MR) is 66.7 cm³/mol. The van der Waals surface area contributed by atoms with Gasteiger partial charge in [0.1, 0.15) is 0 Å². The zero-order valence-electron chi connectivity index (χ0n) is 10.7. The van der Waals surface area contributed by atoms with Gasteiger partial charge in [-0.05, 0) is 49.4 Å². The Bertz CT molecular complexity index is 319. The Balaban J connectivity index is 2.32. The molecule has 2 aliphatic carbocycles. The van der Waals surface area contributed by atoms with Crippen molar-refractivity contribution in [1.29, 1.82) is 0 Å². The summed E-state index contributed by atoms with van der Waals surface area (Å²) in [5.74, 6) is 0.774. The molecule has 0 bridgehead atoms. The van der Waals surface area contributed by atoms with Crippen molar-refractivity contribution in [3.63, 3.8) is 0 Å². The Morgan fingerprint density at radius 2 is 2.00 bits per heavy atom. The number of fused-ring (bicyclic) bond motifs is 1. The van der Waals surface area contributed by atoms with Crippen LogP contribution in [-0.2, 0) is 0 Å². The lowest BCUT2D eigenvalue weighted by Gasteiger charge is -2.62. The summed E-state index contributed by atoms with van der Waals surface area (Å²) in [5, 5.41) is 0. The van der Waals surface area contributed by atoms with Crippen molar-refractivity contribution in [1.82, 2.24) is 0 Å². The highest BCUT2D eigenvalue weighted by atomic mass is 14.6. The molecule has 0 spiro atoms. The summed E-state index contributed by atoms with van der Waals surface area (Å²) in [6.07, 6.45) is 7.44. The third-order valence-corrected chi connectivity index (χ3v) is 5.13. The maximum atomic E-state index is 4.31. The van der Waals surface area contributed by atoms with Gasteiger partial charge >= 0.3 is 0 Å². The highest BCUT2D eigenvalue weighted by Crippen LogP contribution is 2.65. The second-order valence-corrected chi connectivity index (χ2v) is 6.48. The van der Waals surface area contributed by atoms with E-state index >= 15 is 0 Å². The third kappa shape index (κ3) is 1.49. The zero-order valence-corrected chi connectivity index (χ0v) is 10.7. The average Bonchev–Trinajstić information content (AvgIpc) is 2.12. The van der Waals surface area contributed by atoms with Crippen LogP contribution in [0.2, 0.25) is 0 Å². The quantitative estimate of drug-likeness (QED) is 0.501. The van der Waals surface area contributed by atoms with Crippen molar-refractivity contribution >= 4 is 0 Å². The first-order chi connectivity index (χ1) is 6.87. The molecule has 0 aromatic heterocycles. The lowest BCUT2D eigenvalue weighted by Crippen LogP contribution is -2.54. The van der Waals surface area contributed by atoms with Crippen LogP contribution >= 0.6 is 0 Å². The topological polar surface area (TPSA) is 0 Å². The molecule has 2 rings (SSSR count). The Morgan fingerprint density at radius 1 is 1.33 bits per heavy atom. The number of rotatable bonds is 0. The number of allylic oxidation sites excluding steroid dienone is 3. The van der Waals surface area contributed by atoms with Gasteiger partial charge in [0.15, 0.2) is 0 Å². The van der Waals surface area contributed by atoms with E-state index in [-0.39, 0.29) is 0 Å². The van der Waals surface area contributed by atoms with Crippen LogP contribution in [0.15, 0.2) is 23.8 Å². The first-order valence-electron chi connectivity index (χ1n) is 6.20. The van der Waals surface area contributed by atoms with E-state index in [9.17, 15) is 0 Å². The molecule has 0 radical (unpaired) electrons. The third-order valence-electron chi connectivity index (χ3n) is 5.13. The largest absolute Gasteiger partial charge is 0.0995 e. The van der Waals surface area contributed by atoms with Gasteiger partial charge < -0.3 is 0 Å². The van der Waals surface area contributed by atoms with E-state index in [2.05, 4.69) is 40.3 Å². The first kappa shape index (κ1) is 11.0. The molecule has 1 unspecified atom stereocenters. The van der Waals surface area contributed by atoms with E-state index in [0.717, 1.165) is 5.92 Å². The standard InChI is InChI=1S/C15H24/c1-11-7-6-8-12(2)13-10-14(3,4)15(13,5)9-11/h7,13H,2,6,8-10H2,1,3-5H3/b11-7-/t13-,15?/m1/s1. The van der Waals surface area contributed by atoms with Gasteiger partial charge in [-0.1, -0.05) is 44.6 Å². The molecule has 84 valence electrons. The highest BCUT2D eigenvalue weighted by molar-refractivity contribution is 5.24. The smallest absolute Gasteiger partial charge is 0.0138 e. The van der Waals surface area contributed by atoms with Crippen LogP contribution in [0, 0.1) is 16.7 Å². The second kappa shape index (κ2) is 3.23. The molecule has 0 heterocycles. The summed E-state index contributed by atoms with van der Waals surface area (Å²) >= 11 is 0. The van der Waals surface area contributed by atoms with E-state index in [0.29, 0.717) is 10.8 Å². The molecule has 2 aliphatic rings. The molecular weight excluding hydrogens is 180 g/mol. The highest BCUT2D eigenvalue weighted by Gasteiger charge is 2.57. The second-order valence-electron chi connectivity index (χ2n) is 6.48. The predicted octanol–water partition coefficient (Wildman–Crippen LogP) is 4.73. The summed E-state index contributed by atoms with van der Waals surface area (Å²) in [5.41, 5.74) is 4.04. The molecule has 0 heteroatoms. The van der Waals surface area contributed by atoms with Gasteiger partial charge in [-0.25, -0.2) is 0 Å². The van der Waals surface area contributed by atoms with Gasteiger partial charge in [0, 0.05) is 0 Å². The molecule has 0 N–H and O–H groups in total. The maximum Gasteiger partial charge on any atom is -0.0138 e. The minimum atomic E-state index is 0.463. The van der Waals surface area contributed by atoms with Crippen molar-refractivity contribution in [2.75, 3.05) is 0 Å². The van der Waals surface area contributed by atoms with Crippen LogP contribution in [0.1, 0.15) is 53.4 Å². The van der Waals surface area contributed by atoms with Gasteiger partial charge in [-0.15, -0.1) is 0 Å². The zero-order chi connectivity index (χ0) is 11.3. The molecule has 15 heavy (non-hydrogen) atoms. The van der Waals surface area contributed by atoms with E-state index in [1.807, 2.05) is 0 Å². The van der Waals surface area contributed by atoms with E-state index in [1.165, 1.54) is 31.3 Å². The van der Waals surface area contributed by atoms with Crippen LogP contribution in [0.3, 0.4) is 0 Å². The summed E-state index contributed by atoms with van der Waals surface area (Å²) in [6.45, 7) is 13.9. The minimum Gasteiger partial charge on any atom is -0.0995 e. The van der Waals surface area contributed by atoms with Gasteiger partial charge in [0.25, 0.3) is 0 Å². The molecule has 1 fully saturated rings. The van der Waals surface area contributed by atoms with Crippen molar-refractivity contribution < 1.29 is 0 Å². The van der Waals surface area contributed by atoms with E-state index < -0.39 is 0 Å². The van der Waals surface area contributed by atoms with Crippen molar-refractivity contribution in [2.24, 2.45) is 16.7 Å². The molecule has 2 atom stereocenters. The molecule has 0 aromatic carbocycles. The lowest BCUT2D eigenvalue weighted by molar-refractivity contribution is -0.0909. The summed E-state index contributed by atoms with van der Waals surface area (Å²) < 4.78 is 0. The van der Waals surface area contributed by atoms with Crippen molar-refractivity contribution in [2.45, 2.75) is 53.4 Å². The Hall–Kier alpha value is -0.520. The fourth-order valence-electron chi connectivity index (χ4n) is 3.60. The molecule has 0 nitrogen and oxygen atoms in total. The number of hydrogen-bond donors (Lipinski definition) is 0. The lowest BCUT2D eigenvalue weighted by atomic mass is 9.42. The van der Waals surface area contributed by atoms with E-state index in [4.69, 9.17) is 0 Å². The molecule has 0 aromatic rings. The Morgan fingerprint density at radius 3 is 2.60 bits per heavy atom. The maximum absolute atomic E-state index is 4.31. The van der Waals surface area contributed by atoms with Crippen LogP contribution in [0.5, 0.6) is 0 Å². The van der Waals surface area contributed by atoms with Gasteiger partial charge in [-0.2, -0.15) is 0 Å². The normalized spacial score (nSPS) is 43.1. The first-order valence-corrected chi connectivity index (χ1v) is 6.20. The molecule has 0 aliphatic heterocycles. The monoisotopic (exact) mass is 204 g/mol. The minimum absolute atomic E-state index is 0.463. The molecule has 1 saturated carbocycles. The van der Waals surface area contributed by atoms with E-state index in [1.54, 1.807) is 5.57 Å². The van der Waals surface area contributed by atoms with Gasteiger partial charge in [-0.3, -0.25) is 0 Å². The Kier molecular flexibility index (Phi) is 2.37. The summed E-state index contributed by atoms with van der Waals surface area (Å²) in [4.78, 5) is 0. The van der Waals surface area contributed by atoms with Crippen molar-refractivity contribution in [3.05, 3.63) is 23.8 Å². The van der Waals surface area contributed by atoms with Crippen LogP contribution in [-0.4, -0.2) is 0 Å². The molecule has 0 amide bonds. The molecular formula is C15H24. The van der Waals surface area contributed by atoms with Crippen LogP contribution in [0.25, 0.3) is 0 Å². The Labute approximate surface area is 94.5 Å².